The summed E-state index contributed by atoms with van der Waals surface area (Å²) in [5, 5.41) is 8.62. The molecule has 144 valence electrons. The van der Waals surface area contributed by atoms with Gasteiger partial charge in [-0.2, -0.15) is 5.10 Å². The molecule has 5 nitrogen and oxygen atoms in total. The summed E-state index contributed by atoms with van der Waals surface area (Å²) in [6.07, 6.45) is 9.88. The topological polar surface area (TPSA) is 55.9 Å². The lowest BCUT2D eigenvalue weighted by molar-refractivity contribution is 0.343. The minimum absolute atomic E-state index is 0.460. The van der Waals surface area contributed by atoms with Crippen LogP contribution in [0.25, 0.3) is 22.5 Å². The molecule has 0 unspecified atom stereocenters. The van der Waals surface area contributed by atoms with Crippen molar-refractivity contribution in [3.63, 3.8) is 0 Å². The van der Waals surface area contributed by atoms with Gasteiger partial charge in [-0.15, -0.1) is 0 Å². The van der Waals surface area contributed by atoms with Crippen molar-refractivity contribution >= 4 is 22.7 Å². The normalized spacial score (nSPS) is 15.7. The number of rotatable bonds is 5. The van der Waals surface area contributed by atoms with E-state index in [4.69, 9.17) is 16.0 Å². The van der Waals surface area contributed by atoms with Crippen LogP contribution in [-0.4, -0.2) is 27.9 Å². The fourth-order valence-corrected chi connectivity index (χ4v) is 3.51. The number of aromatic nitrogens is 3. The number of piperidine rings is 1. The van der Waals surface area contributed by atoms with E-state index in [1.807, 2.05) is 43.5 Å². The van der Waals surface area contributed by atoms with Crippen molar-refractivity contribution in [2.45, 2.75) is 25.8 Å². The number of oxazole rings is 1. The lowest BCUT2D eigenvalue weighted by atomic mass is 10.1. The number of benzene rings is 1. The number of nitrogens with one attached hydrogen (secondary N) is 1. The molecular weight excluding hydrogens is 372 g/mol. The van der Waals surface area contributed by atoms with Gasteiger partial charge >= 0.3 is 0 Å². The summed E-state index contributed by atoms with van der Waals surface area (Å²) in [6, 6.07) is 7.97. The van der Waals surface area contributed by atoms with E-state index < -0.39 is 0 Å². The van der Waals surface area contributed by atoms with Gasteiger partial charge in [0.1, 0.15) is 0 Å². The maximum atomic E-state index is 5.95. The maximum absolute atomic E-state index is 5.95. The van der Waals surface area contributed by atoms with E-state index in [9.17, 15) is 0 Å². The molecule has 0 aliphatic carbocycles. The fourth-order valence-electron chi connectivity index (χ4n) is 3.39. The van der Waals surface area contributed by atoms with E-state index in [2.05, 4.69) is 32.9 Å². The van der Waals surface area contributed by atoms with E-state index >= 15 is 0 Å². The van der Waals surface area contributed by atoms with Crippen LogP contribution < -0.4 is 5.32 Å². The third-order valence-electron chi connectivity index (χ3n) is 5.02. The molecule has 1 N–H and O–H groups in total. The zero-order chi connectivity index (χ0) is 19.5. The van der Waals surface area contributed by atoms with Gasteiger partial charge in [0.2, 0.25) is 5.89 Å². The van der Waals surface area contributed by atoms with Gasteiger partial charge in [0, 0.05) is 27.9 Å². The maximum Gasteiger partial charge on any atom is 0.222 e. The Bertz CT molecular complexity index is 994. The average Bonchev–Trinajstić information content (AvgIpc) is 3.39. The molecule has 1 aliphatic rings. The van der Waals surface area contributed by atoms with Crippen LogP contribution >= 0.6 is 11.6 Å². The molecule has 0 bridgehead atoms. The molecule has 1 aromatic carbocycles. The minimum Gasteiger partial charge on any atom is -0.437 e. The Morgan fingerprint density at radius 1 is 1.25 bits per heavy atom. The highest BCUT2D eigenvalue weighted by molar-refractivity contribution is 6.30. The van der Waals surface area contributed by atoms with Gasteiger partial charge in [-0.25, -0.2) is 4.98 Å². The molecule has 6 heteroatoms. The van der Waals surface area contributed by atoms with Gasteiger partial charge < -0.3 is 9.73 Å². The fraction of sp³-hybridized carbons (Fsp3) is 0.273. The van der Waals surface area contributed by atoms with Gasteiger partial charge in [-0.3, -0.25) is 4.68 Å². The van der Waals surface area contributed by atoms with Gasteiger partial charge in [-0.05, 0) is 68.8 Å². The number of allylic oxidation sites excluding steroid dienone is 3. The molecule has 4 rings (SSSR count). The SMILES string of the molecule is C=C(C=C(C)c1ncc(-c2ccc(Cl)cc2)o1)c1cnn(C2CCNCC2)c1. The summed E-state index contributed by atoms with van der Waals surface area (Å²) in [5.41, 5.74) is 3.77. The average molecular weight is 395 g/mol. The number of halogens is 1. The monoisotopic (exact) mass is 394 g/mol. The number of hydrogen-bond donors (Lipinski definition) is 1. The van der Waals surface area contributed by atoms with Gasteiger partial charge in [0.15, 0.2) is 5.76 Å². The second-order valence-electron chi connectivity index (χ2n) is 7.08. The molecule has 0 amide bonds. The van der Waals surface area contributed by atoms with Crippen molar-refractivity contribution in [1.82, 2.24) is 20.1 Å². The summed E-state index contributed by atoms with van der Waals surface area (Å²) in [4.78, 5) is 4.40. The van der Waals surface area contributed by atoms with Crippen LogP contribution in [0.1, 0.15) is 37.3 Å². The lowest BCUT2D eigenvalue weighted by Gasteiger charge is -2.22. The Labute approximate surface area is 169 Å². The van der Waals surface area contributed by atoms with Crippen molar-refractivity contribution in [3.8, 4) is 11.3 Å². The summed E-state index contributed by atoms with van der Waals surface area (Å²) >= 11 is 5.95. The van der Waals surface area contributed by atoms with E-state index in [1.165, 1.54) is 0 Å². The smallest absolute Gasteiger partial charge is 0.222 e. The molecule has 28 heavy (non-hydrogen) atoms. The summed E-state index contributed by atoms with van der Waals surface area (Å²) in [7, 11) is 0. The zero-order valence-corrected chi connectivity index (χ0v) is 16.6. The molecule has 2 aromatic heterocycles. The quantitative estimate of drug-likeness (QED) is 0.602. The first-order valence-corrected chi connectivity index (χ1v) is 9.82. The highest BCUT2D eigenvalue weighted by atomic mass is 35.5. The van der Waals surface area contributed by atoms with Crippen LogP contribution in [0.5, 0.6) is 0 Å². The van der Waals surface area contributed by atoms with Crippen LogP contribution in [0.4, 0.5) is 0 Å². The summed E-state index contributed by atoms with van der Waals surface area (Å²) < 4.78 is 7.98. The second-order valence-corrected chi connectivity index (χ2v) is 7.52. The predicted molar refractivity (Wildman–Crippen MR) is 113 cm³/mol. The highest BCUT2D eigenvalue weighted by Gasteiger charge is 2.16. The first kappa shape index (κ1) is 18.7. The Morgan fingerprint density at radius 2 is 2.00 bits per heavy atom. The van der Waals surface area contributed by atoms with Gasteiger partial charge in [0.25, 0.3) is 0 Å². The van der Waals surface area contributed by atoms with Crippen molar-refractivity contribution in [1.29, 1.82) is 0 Å². The first-order valence-electron chi connectivity index (χ1n) is 9.45. The first-order chi connectivity index (χ1) is 13.6. The van der Waals surface area contributed by atoms with E-state index in [-0.39, 0.29) is 0 Å². The molecule has 0 spiro atoms. The van der Waals surface area contributed by atoms with Crippen LogP contribution in [0.15, 0.2) is 59.9 Å². The second kappa shape index (κ2) is 8.17. The van der Waals surface area contributed by atoms with Crippen LogP contribution in [0.3, 0.4) is 0 Å². The molecule has 0 atom stereocenters. The van der Waals surface area contributed by atoms with Crippen molar-refractivity contribution in [2.24, 2.45) is 0 Å². The van der Waals surface area contributed by atoms with E-state index in [0.29, 0.717) is 22.7 Å². The Hall–Kier alpha value is -2.63. The van der Waals surface area contributed by atoms with E-state index in [1.54, 1.807) is 6.20 Å². The Balaban J connectivity index is 1.48. The third-order valence-corrected chi connectivity index (χ3v) is 5.27. The van der Waals surface area contributed by atoms with Crippen LogP contribution in [0, 0.1) is 0 Å². The lowest BCUT2D eigenvalue weighted by Crippen LogP contribution is -2.29. The van der Waals surface area contributed by atoms with Crippen LogP contribution in [0.2, 0.25) is 5.02 Å². The summed E-state index contributed by atoms with van der Waals surface area (Å²) in [6.45, 7) is 8.25. The predicted octanol–water partition coefficient (Wildman–Crippen LogP) is 5.23. The number of hydrogen-bond acceptors (Lipinski definition) is 4. The molecule has 3 heterocycles. The highest BCUT2D eigenvalue weighted by Crippen LogP contribution is 2.27. The molecule has 1 fully saturated rings. The van der Waals surface area contributed by atoms with Gasteiger partial charge in [-0.1, -0.05) is 18.2 Å². The summed E-state index contributed by atoms with van der Waals surface area (Å²) in [5.74, 6) is 1.29. The van der Waals surface area contributed by atoms with Gasteiger partial charge in [0.05, 0.1) is 18.4 Å². The molecule has 3 aromatic rings. The van der Waals surface area contributed by atoms with E-state index in [0.717, 1.165) is 48.2 Å². The molecule has 1 saturated heterocycles. The Morgan fingerprint density at radius 3 is 2.75 bits per heavy atom. The van der Waals surface area contributed by atoms with Crippen molar-refractivity contribution in [3.05, 3.63) is 72.0 Å². The minimum atomic E-state index is 0.460. The molecule has 0 saturated carbocycles. The number of nitrogens with zero attached hydrogens (tertiary/aromatic N) is 3. The van der Waals surface area contributed by atoms with Crippen LogP contribution in [-0.2, 0) is 0 Å². The van der Waals surface area contributed by atoms with Crippen molar-refractivity contribution < 1.29 is 4.42 Å². The molecular formula is C22H23ClN4O. The molecule has 1 aliphatic heterocycles. The third kappa shape index (κ3) is 4.11. The standard InChI is InChI=1S/C22H23ClN4O/c1-15(18-12-26-27(14-18)20-7-9-24-10-8-20)11-16(2)22-25-13-21(28-22)17-3-5-19(23)6-4-17/h3-6,11-14,20,24H,1,7-10H2,2H3. The zero-order valence-electron chi connectivity index (χ0n) is 15.9. The largest absolute Gasteiger partial charge is 0.437 e. The molecule has 0 radical (unpaired) electrons. The van der Waals surface area contributed by atoms with Crippen molar-refractivity contribution in [2.75, 3.05) is 13.1 Å². The Kier molecular flexibility index (Phi) is 5.46.